The van der Waals surface area contributed by atoms with Gasteiger partial charge in [-0.2, -0.15) is 0 Å². The van der Waals surface area contributed by atoms with E-state index in [-0.39, 0.29) is 11.6 Å². The number of anilines is 1. The van der Waals surface area contributed by atoms with Gasteiger partial charge in [0.05, 0.1) is 24.4 Å². The van der Waals surface area contributed by atoms with Crippen molar-refractivity contribution in [3.05, 3.63) is 60.1 Å². The standard InChI is InChI=1S/C18H17F2N5O2/c1-11-12(2)25(10-23-11)14-5-3-13(4-6-14)24-18(26)15-7-22-17(8-21-15)27-9-16(19)20/h3-8,10,16H,9H2,1-2H3,(H,24,26). The summed E-state index contributed by atoms with van der Waals surface area (Å²) in [5.74, 6) is -0.535. The molecule has 9 heteroatoms. The molecule has 0 spiro atoms. The highest BCUT2D eigenvalue weighted by molar-refractivity contribution is 6.02. The number of imidazole rings is 1. The largest absolute Gasteiger partial charge is 0.470 e. The van der Waals surface area contributed by atoms with Crippen molar-refractivity contribution in [2.45, 2.75) is 20.3 Å². The molecule has 1 N–H and O–H groups in total. The molecule has 0 unspecified atom stereocenters. The first-order chi connectivity index (χ1) is 12.9. The highest BCUT2D eigenvalue weighted by atomic mass is 19.3. The number of amides is 1. The van der Waals surface area contributed by atoms with Crippen LogP contribution < -0.4 is 10.1 Å². The molecule has 0 saturated carbocycles. The quantitative estimate of drug-likeness (QED) is 0.718. The lowest BCUT2D eigenvalue weighted by molar-refractivity contribution is 0.0792. The smallest absolute Gasteiger partial charge is 0.275 e. The van der Waals surface area contributed by atoms with Crippen LogP contribution in [0.3, 0.4) is 0 Å². The zero-order valence-corrected chi connectivity index (χ0v) is 14.7. The van der Waals surface area contributed by atoms with Crippen LogP contribution in [0.4, 0.5) is 14.5 Å². The maximum Gasteiger partial charge on any atom is 0.275 e. The molecule has 2 heterocycles. The van der Waals surface area contributed by atoms with Crippen LogP contribution in [0.2, 0.25) is 0 Å². The van der Waals surface area contributed by atoms with E-state index in [1.807, 2.05) is 30.5 Å². The van der Waals surface area contributed by atoms with E-state index in [0.29, 0.717) is 5.69 Å². The van der Waals surface area contributed by atoms with Gasteiger partial charge in [-0.3, -0.25) is 4.79 Å². The van der Waals surface area contributed by atoms with E-state index in [2.05, 4.69) is 20.3 Å². The van der Waals surface area contributed by atoms with E-state index >= 15 is 0 Å². The number of hydrogen-bond donors (Lipinski definition) is 1. The fraction of sp³-hybridized carbons (Fsp3) is 0.222. The molecule has 140 valence electrons. The van der Waals surface area contributed by atoms with Crippen molar-refractivity contribution >= 4 is 11.6 Å². The Morgan fingerprint density at radius 3 is 2.44 bits per heavy atom. The Morgan fingerprint density at radius 1 is 1.15 bits per heavy atom. The van der Waals surface area contributed by atoms with Crippen LogP contribution in [-0.4, -0.2) is 38.5 Å². The van der Waals surface area contributed by atoms with Gasteiger partial charge in [0.15, 0.2) is 6.61 Å². The van der Waals surface area contributed by atoms with Gasteiger partial charge in [0.25, 0.3) is 12.3 Å². The Bertz CT molecular complexity index is 924. The number of hydrogen-bond acceptors (Lipinski definition) is 5. The van der Waals surface area contributed by atoms with Crippen molar-refractivity contribution in [3.8, 4) is 11.6 Å². The van der Waals surface area contributed by atoms with E-state index in [1.165, 1.54) is 6.20 Å². The minimum atomic E-state index is -2.60. The third-order valence-corrected chi connectivity index (χ3v) is 3.87. The number of carbonyl (C=O) groups is 1. The van der Waals surface area contributed by atoms with Gasteiger partial charge in [0.2, 0.25) is 5.88 Å². The van der Waals surface area contributed by atoms with E-state index in [4.69, 9.17) is 4.74 Å². The zero-order valence-electron chi connectivity index (χ0n) is 14.7. The van der Waals surface area contributed by atoms with Crippen molar-refractivity contribution in [2.75, 3.05) is 11.9 Å². The molecule has 1 amide bonds. The van der Waals surface area contributed by atoms with Crippen LogP contribution >= 0.6 is 0 Å². The Labute approximate surface area is 154 Å². The number of carbonyl (C=O) groups excluding carboxylic acids is 1. The Kier molecular flexibility index (Phi) is 5.39. The Morgan fingerprint density at radius 2 is 1.89 bits per heavy atom. The molecule has 0 radical (unpaired) electrons. The lowest BCUT2D eigenvalue weighted by atomic mass is 10.2. The Balaban J connectivity index is 1.64. The third-order valence-electron chi connectivity index (χ3n) is 3.87. The molecule has 27 heavy (non-hydrogen) atoms. The molecule has 3 aromatic rings. The molecule has 0 saturated heterocycles. The predicted molar refractivity (Wildman–Crippen MR) is 94.5 cm³/mol. The van der Waals surface area contributed by atoms with Crippen LogP contribution in [0.15, 0.2) is 43.0 Å². The van der Waals surface area contributed by atoms with E-state index in [1.54, 1.807) is 18.5 Å². The SMILES string of the molecule is Cc1ncn(-c2ccc(NC(=O)c3cnc(OCC(F)F)cn3)cc2)c1C. The maximum atomic E-state index is 12.2. The maximum absolute atomic E-state index is 12.2. The summed E-state index contributed by atoms with van der Waals surface area (Å²) in [7, 11) is 0. The second-order valence-electron chi connectivity index (χ2n) is 5.73. The van der Waals surface area contributed by atoms with Gasteiger partial charge in [-0.1, -0.05) is 0 Å². The summed E-state index contributed by atoms with van der Waals surface area (Å²) in [4.78, 5) is 24.1. The lowest BCUT2D eigenvalue weighted by Crippen LogP contribution is -2.15. The summed E-state index contributed by atoms with van der Waals surface area (Å²) in [5, 5.41) is 2.70. The fourth-order valence-corrected chi connectivity index (χ4v) is 2.32. The summed E-state index contributed by atoms with van der Waals surface area (Å²) >= 11 is 0. The molecule has 2 aromatic heterocycles. The number of rotatable bonds is 6. The lowest BCUT2D eigenvalue weighted by Gasteiger charge is -2.09. The molecular formula is C18H17F2N5O2. The molecule has 7 nitrogen and oxygen atoms in total. The number of aryl methyl sites for hydroxylation is 1. The van der Waals surface area contributed by atoms with E-state index < -0.39 is 18.9 Å². The number of nitrogens with one attached hydrogen (secondary N) is 1. The van der Waals surface area contributed by atoms with Crippen molar-refractivity contribution in [1.29, 1.82) is 0 Å². The number of benzene rings is 1. The molecule has 3 rings (SSSR count). The van der Waals surface area contributed by atoms with Crippen molar-refractivity contribution in [1.82, 2.24) is 19.5 Å². The summed E-state index contributed by atoms with van der Waals surface area (Å²) < 4.78 is 30.8. The zero-order chi connectivity index (χ0) is 19.4. The van der Waals surface area contributed by atoms with Gasteiger partial charge in [0.1, 0.15) is 5.69 Å². The summed E-state index contributed by atoms with van der Waals surface area (Å²) in [6.07, 6.45) is 1.44. The van der Waals surface area contributed by atoms with Gasteiger partial charge in [-0.25, -0.2) is 23.7 Å². The Hall–Kier alpha value is -3.36. The minimum Gasteiger partial charge on any atom is -0.470 e. The molecule has 1 aromatic carbocycles. The van der Waals surface area contributed by atoms with Crippen molar-refractivity contribution in [2.24, 2.45) is 0 Å². The molecule has 0 aliphatic heterocycles. The van der Waals surface area contributed by atoms with Gasteiger partial charge in [-0.15, -0.1) is 0 Å². The molecule has 0 aliphatic rings. The highest BCUT2D eigenvalue weighted by Gasteiger charge is 2.11. The fourth-order valence-electron chi connectivity index (χ4n) is 2.32. The second kappa shape index (κ2) is 7.90. The summed E-state index contributed by atoms with van der Waals surface area (Å²) in [6.45, 7) is 3.14. The minimum absolute atomic E-state index is 0.0459. The molecule has 0 bridgehead atoms. The van der Waals surface area contributed by atoms with Crippen LogP contribution in [0.5, 0.6) is 5.88 Å². The van der Waals surface area contributed by atoms with E-state index in [9.17, 15) is 13.6 Å². The van der Waals surface area contributed by atoms with Crippen LogP contribution in [0, 0.1) is 13.8 Å². The average molecular weight is 373 g/mol. The number of alkyl halides is 2. The predicted octanol–water partition coefficient (Wildman–Crippen LogP) is 3.18. The van der Waals surface area contributed by atoms with Crippen LogP contribution in [-0.2, 0) is 0 Å². The number of halogens is 2. The summed E-state index contributed by atoms with van der Waals surface area (Å²) in [5.41, 5.74) is 3.54. The second-order valence-corrected chi connectivity index (χ2v) is 5.73. The third kappa shape index (κ3) is 4.43. The van der Waals surface area contributed by atoms with Crippen LogP contribution in [0.25, 0.3) is 5.69 Å². The van der Waals surface area contributed by atoms with Gasteiger partial charge in [0, 0.05) is 17.1 Å². The van der Waals surface area contributed by atoms with Gasteiger partial charge in [-0.05, 0) is 38.1 Å². The molecule has 0 aliphatic carbocycles. The number of aromatic nitrogens is 4. The van der Waals surface area contributed by atoms with Gasteiger partial charge >= 0.3 is 0 Å². The molecule has 0 atom stereocenters. The first-order valence-electron chi connectivity index (χ1n) is 8.09. The topological polar surface area (TPSA) is 81.9 Å². The average Bonchev–Trinajstić information content (AvgIpc) is 3.00. The first-order valence-corrected chi connectivity index (χ1v) is 8.09. The molecule has 0 fully saturated rings. The van der Waals surface area contributed by atoms with Crippen molar-refractivity contribution < 1.29 is 18.3 Å². The van der Waals surface area contributed by atoms with Crippen molar-refractivity contribution in [3.63, 3.8) is 0 Å². The van der Waals surface area contributed by atoms with E-state index in [0.717, 1.165) is 23.3 Å². The van der Waals surface area contributed by atoms with Crippen LogP contribution in [0.1, 0.15) is 21.9 Å². The summed E-state index contributed by atoms with van der Waals surface area (Å²) in [6, 6.07) is 7.23. The first kappa shape index (κ1) is 18.4. The normalized spacial score (nSPS) is 10.9. The molecular weight excluding hydrogens is 356 g/mol. The van der Waals surface area contributed by atoms with Gasteiger partial charge < -0.3 is 14.6 Å². The monoisotopic (exact) mass is 373 g/mol. The number of ether oxygens (including phenoxy) is 1. The number of nitrogens with zero attached hydrogens (tertiary/aromatic N) is 4. The highest BCUT2D eigenvalue weighted by Crippen LogP contribution is 2.17.